The predicted octanol–water partition coefficient (Wildman–Crippen LogP) is 3.94. The molecule has 2 aromatic carbocycles. The first-order valence-electron chi connectivity index (χ1n) is 8.69. The van der Waals surface area contributed by atoms with Crippen LogP contribution in [0.3, 0.4) is 0 Å². The molecule has 1 aliphatic rings. The molecule has 0 radical (unpaired) electrons. The molecule has 0 spiro atoms. The van der Waals surface area contributed by atoms with Gasteiger partial charge in [0.05, 0.1) is 7.11 Å². The van der Waals surface area contributed by atoms with Crippen LogP contribution < -0.4 is 9.64 Å². The number of aryl methyl sites for hydroxylation is 2. The van der Waals surface area contributed by atoms with Crippen LogP contribution in [0.25, 0.3) is 10.9 Å². The fourth-order valence-corrected chi connectivity index (χ4v) is 3.74. The Morgan fingerprint density at radius 3 is 2.84 bits per heavy atom. The summed E-state index contributed by atoms with van der Waals surface area (Å²) in [6, 6.07) is 16.3. The maximum atomic E-state index is 13.1. The molecule has 1 aliphatic heterocycles. The number of para-hydroxylation sites is 1. The van der Waals surface area contributed by atoms with Crippen molar-refractivity contribution in [3.8, 4) is 5.75 Å². The highest BCUT2D eigenvalue weighted by molar-refractivity contribution is 5.95. The molecule has 0 aliphatic carbocycles. The lowest BCUT2D eigenvalue weighted by Gasteiger charge is -2.30. The molecule has 0 atom stereocenters. The maximum absolute atomic E-state index is 13.1. The van der Waals surface area contributed by atoms with E-state index in [1.165, 1.54) is 10.9 Å². The Labute approximate surface area is 147 Å². The van der Waals surface area contributed by atoms with Crippen LogP contribution in [-0.4, -0.2) is 24.1 Å². The van der Waals surface area contributed by atoms with Crippen molar-refractivity contribution in [2.45, 2.75) is 26.3 Å². The number of benzene rings is 2. The number of hydrogen-bond donors (Lipinski definition) is 0. The van der Waals surface area contributed by atoms with Gasteiger partial charge < -0.3 is 14.2 Å². The lowest BCUT2D eigenvalue weighted by atomic mass is 10.0. The monoisotopic (exact) mass is 334 g/mol. The normalized spacial score (nSPS) is 13.8. The second-order valence-corrected chi connectivity index (χ2v) is 6.57. The number of ether oxygens (including phenoxy) is 1. The molecule has 4 rings (SSSR count). The van der Waals surface area contributed by atoms with Crippen LogP contribution in [0.2, 0.25) is 0 Å². The van der Waals surface area contributed by atoms with Gasteiger partial charge in [-0.05, 0) is 61.0 Å². The number of aromatic nitrogens is 1. The van der Waals surface area contributed by atoms with Gasteiger partial charge in [0.1, 0.15) is 12.3 Å². The predicted molar refractivity (Wildman–Crippen MR) is 100 cm³/mol. The molecule has 0 bridgehead atoms. The van der Waals surface area contributed by atoms with Gasteiger partial charge in [0.15, 0.2) is 0 Å². The third-order valence-corrected chi connectivity index (χ3v) is 5.02. The Hall–Kier alpha value is -2.75. The van der Waals surface area contributed by atoms with Crippen molar-refractivity contribution >= 4 is 22.5 Å². The minimum Gasteiger partial charge on any atom is -0.497 e. The third-order valence-electron chi connectivity index (χ3n) is 5.02. The summed E-state index contributed by atoms with van der Waals surface area (Å²) in [4.78, 5) is 15.0. The van der Waals surface area contributed by atoms with Crippen molar-refractivity contribution in [1.82, 2.24) is 4.57 Å². The van der Waals surface area contributed by atoms with E-state index in [0.717, 1.165) is 42.0 Å². The standard InChI is InChI=1S/C21H22N2O2/c1-15-12-16-6-3-4-8-19(16)23(15)14-21(24)22-11-5-7-17-13-18(25-2)9-10-20(17)22/h3-4,6,8-10,12-13H,5,7,11,14H2,1-2H3. The molecule has 1 aromatic heterocycles. The van der Waals surface area contributed by atoms with Gasteiger partial charge in [-0.2, -0.15) is 0 Å². The molecule has 0 saturated carbocycles. The van der Waals surface area contributed by atoms with E-state index in [0.29, 0.717) is 6.54 Å². The zero-order chi connectivity index (χ0) is 17.4. The van der Waals surface area contributed by atoms with E-state index in [1.54, 1.807) is 7.11 Å². The van der Waals surface area contributed by atoms with Crippen molar-refractivity contribution < 1.29 is 9.53 Å². The molecule has 4 nitrogen and oxygen atoms in total. The summed E-state index contributed by atoms with van der Waals surface area (Å²) in [5, 5.41) is 1.18. The molecule has 1 amide bonds. The molecule has 25 heavy (non-hydrogen) atoms. The second kappa shape index (κ2) is 6.28. The fourth-order valence-electron chi connectivity index (χ4n) is 3.74. The summed E-state index contributed by atoms with van der Waals surface area (Å²) >= 11 is 0. The number of nitrogens with zero attached hydrogens (tertiary/aromatic N) is 2. The summed E-state index contributed by atoms with van der Waals surface area (Å²) in [6.07, 6.45) is 1.97. The highest BCUT2D eigenvalue weighted by atomic mass is 16.5. The van der Waals surface area contributed by atoms with E-state index in [9.17, 15) is 4.79 Å². The average Bonchev–Trinajstić information content (AvgIpc) is 2.96. The minimum atomic E-state index is 0.135. The van der Waals surface area contributed by atoms with Crippen LogP contribution in [-0.2, 0) is 17.8 Å². The van der Waals surface area contributed by atoms with Gasteiger partial charge in [-0.15, -0.1) is 0 Å². The van der Waals surface area contributed by atoms with Crippen molar-refractivity contribution in [3.63, 3.8) is 0 Å². The second-order valence-electron chi connectivity index (χ2n) is 6.57. The van der Waals surface area contributed by atoms with Crippen LogP contribution in [0, 0.1) is 6.92 Å². The molecular weight excluding hydrogens is 312 g/mol. The Morgan fingerprint density at radius 2 is 2.00 bits per heavy atom. The van der Waals surface area contributed by atoms with Gasteiger partial charge in [-0.3, -0.25) is 4.79 Å². The SMILES string of the molecule is COc1ccc2c(c1)CCCN2C(=O)Cn1c(C)cc2ccccc21. The largest absolute Gasteiger partial charge is 0.497 e. The van der Waals surface area contributed by atoms with Crippen molar-refractivity contribution in [2.24, 2.45) is 0 Å². The number of anilines is 1. The number of fused-ring (bicyclic) bond motifs is 2. The van der Waals surface area contributed by atoms with Gasteiger partial charge in [0, 0.05) is 23.4 Å². The van der Waals surface area contributed by atoms with Crippen LogP contribution >= 0.6 is 0 Å². The molecule has 2 heterocycles. The highest BCUT2D eigenvalue weighted by Gasteiger charge is 2.23. The first kappa shape index (κ1) is 15.8. The van der Waals surface area contributed by atoms with Crippen molar-refractivity contribution in [2.75, 3.05) is 18.6 Å². The smallest absolute Gasteiger partial charge is 0.246 e. The molecule has 0 saturated heterocycles. The molecule has 128 valence electrons. The number of carbonyl (C=O) groups excluding carboxylic acids is 1. The summed E-state index contributed by atoms with van der Waals surface area (Å²) < 4.78 is 7.42. The fraction of sp³-hybridized carbons (Fsp3) is 0.286. The first-order valence-corrected chi connectivity index (χ1v) is 8.69. The van der Waals surface area contributed by atoms with Crippen molar-refractivity contribution in [1.29, 1.82) is 0 Å². The first-order chi connectivity index (χ1) is 12.2. The van der Waals surface area contributed by atoms with E-state index >= 15 is 0 Å². The summed E-state index contributed by atoms with van der Waals surface area (Å²) in [6.45, 7) is 3.20. The lowest BCUT2D eigenvalue weighted by Crippen LogP contribution is -2.37. The Kier molecular flexibility index (Phi) is 3.96. The van der Waals surface area contributed by atoms with Gasteiger partial charge in [-0.25, -0.2) is 0 Å². The summed E-state index contributed by atoms with van der Waals surface area (Å²) in [5.74, 6) is 0.982. The Balaban J connectivity index is 1.65. The van der Waals surface area contributed by atoms with Gasteiger partial charge in [-0.1, -0.05) is 18.2 Å². The zero-order valence-electron chi connectivity index (χ0n) is 14.7. The highest BCUT2D eigenvalue weighted by Crippen LogP contribution is 2.31. The van der Waals surface area contributed by atoms with Crippen LogP contribution in [0.1, 0.15) is 17.7 Å². The van der Waals surface area contributed by atoms with Crippen LogP contribution in [0.15, 0.2) is 48.5 Å². The van der Waals surface area contributed by atoms with E-state index in [1.807, 2.05) is 35.2 Å². The Morgan fingerprint density at radius 1 is 1.16 bits per heavy atom. The number of rotatable bonds is 3. The topological polar surface area (TPSA) is 34.5 Å². The average molecular weight is 334 g/mol. The summed E-state index contributed by atoms with van der Waals surface area (Å²) in [5.41, 5.74) is 4.43. The van der Waals surface area contributed by atoms with E-state index < -0.39 is 0 Å². The molecule has 4 heteroatoms. The number of carbonyl (C=O) groups is 1. The number of hydrogen-bond acceptors (Lipinski definition) is 2. The Bertz CT molecular complexity index is 942. The lowest BCUT2D eigenvalue weighted by molar-refractivity contribution is -0.119. The van der Waals surface area contributed by atoms with E-state index in [4.69, 9.17) is 4.74 Å². The van der Waals surface area contributed by atoms with Crippen LogP contribution in [0.4, 0.5) is 5.69 Å². The molecular formula is C21H22N2O2. The number of methoxy groups -OCH3 is 1. The molecule has 3 aromatic rings. The van der Waals surface area contributed by atoms with Crippen LogP contribution in [0.5, 0.6) is 5.75 Å². The number of amides is 1. The van der Waals surface area contributed by atoms with Gasteiger partial charge in [0.25, 0.3) is 0 Å². The summed E-state index contributed by atoms with van der Waals surface area (Å²) in [7, 11) is 1.67. The van der Waals surface area contributed by atoms with E-state index in [-0.39, 0.29) is 5.91 Å². The van der Waals surface area contributed by atoms with E-state index in [2.05, 4.69) is 29.7 Å². The third kappa shape index (κ3) is 2.78. The maximum Gasteiger partial charge on any atom is 0.246 e. The minimum absolute atomic E-state index is 0.135. The van der Waals surface area contributed by atoms with Crippen molar-refractivity contribution in [3.05, 3.63) is 59.8 Å². The molecule has 0 fully saturated rings. The molecule has 0 N–H and O–H groups in total. The zero-order valence-corrected chi connectivity index (χ0v) is 14.7. The van der Waals surface area contributed by atoms with Gasteiger partial charge >= 0.3 is 0 Å². The van der Waals surface area contributed by atoms with Gasteiger partial charge in [0.2, 0.25) is 5.91 Å². The molecule has 0 unspecified atom stereocenters. The quantitative estimate of drug-likeness (QED) is 0.727.